The second kappa shape index (κ2) is 8.24. The molecule has 7 nitrogen and oxygen atoms in total. The largest absolute Gasteiger partial charge is 0.507 e. The number of para-hydroxylation sites is 2. The summed E-state index contributed by atoms with van der Waals surface area (Å²) in [6.45, 7) is 1.47. The minimum absolute atomic E-state index is 0.124. The van der Waals surface area contributed by atoms with Crippen LogP contribution in [0.4, 0.5) is 10.8 Å². The standard InChI is InChI=1S/C19H16N4O3S/c1-13(24)23(15-7-3-2-4-8-15)19-21-14(12-27-19)11-20-22-18(26)16-9-5-6-10-17(16)25/h2-12,25H,1H3,(H,22,26)/b20-11-. The van der Waals surface area contributed by atoms with Crippen molar-refractivity contribution < 1.29 is 14.7 Å². The summed E-state index contributed by atoms with van der Waals surface area (Å²) in [5.74, 6) is -0.817. The molecule has 0 saturated heterocycles. The second-order valence-electron chi connectivity index (χ2n) is 5.46. The number of aromatic hydroxyl groups is 1. The fraction of sp³-hybridized carbons (Fsp3) is 0.0526. The van der Waals surface area contributed by atoms with E-state index < -0.39 is 5.91 Å². The number of carbonyl (C=O) groups excluding carboxylic acids is 2. The fourth-order valence-electron chi connectivity index (χ4n) is 2.33. The molecule has 27 heavy (non-hydrogen) atoms. The number of phenolic OH excluding ortho intramolecular Hbond substituents is 1. The molecule has 0 spiro atoms. The van der Waals surface area contributed by atoms with Gasteiger partial charge in [-0.3, -0.25) is 14.5 Å². The molecule has 0 saturated carbocycles. The molecule has 0 aliphatic rings. The number of rotatable bonds is 5. The van der Waals surface area contributed by atoms with Gasteiger partial charge in [0.25, 0.3) is 5.91 Å². The number of benzene rings is 2. The van der Waals surface area contributed by atoms with E-state index in [4.69, 9.17) is 0 Å². The van der Waals surface area contributed by atoms with Crippen molar-refractivity contribution in [1.29, 1.82) is 0 Å². The Morgan fingerprint density at radius 2 is 1.85 bits per heavy atom. The van der Waals surface area contributed by atoms with Crippen LogP contribution in [0.15, 0.2) is 65.1 Å². The van der Waals surface area contributed by atoms with E-state index in [1.165, 1.54) is 41.5 Å². The van der Waals surface area contributed by atoms with E-state index >= 15 is 0 Å². The predicted molar refractivity (Wildman–Crippen MR) is 105 cm³/mol. The van der Waals surface area contributed by atoms with Crippen molar-refractivity contribution in [3.05, 3.63) is 71.2 Å². The van der Waals surface area contributed by atoms with Crippen LogP contribution in [0.2, 0.25) is 0 Å². The molecule has 2 aromatic carbocycles. The van der Waals surface area contributed by atoms with E-state index in [0.717, 1.165) is 5.69 Å². The summed E-state index contributed by atoms with van der Waals surface area (Å²) in [5, 5.41) is 15.7. The van der Waals surface area contributed by atoms with Crippen molar-refractivity contribution in [1.82, 2.24) is 10.4 Å². The Bertz CT molecular complexity index is 985. The van der Waals surface area contributed by atoms with Gasteiger partial charge in [0.05, 0.1) is 23.2 Å². The monoisotopic (exact) mass is 380 g/mol. The Hall–Kier alpha value is -3.52. The molecule has 1 heterocycles. The summed E-state index contributed by atoms with van der Waals surface area (Å²) < 4.78 is 0. The maximum Gasteiger partial charge on any atom is 0.275 e. The predicted octanol–water partition coefficient (Wildman–Crippen LogP) is 3.30. The first kappa shape index (κ1) is 18.3. The smallest absolute Gasteiger partial charge is 0.275 e. The molecular formula is C19H16N4O3S. The molecule has 1 aromatic heterocycles. The Balaban J connectivity index is 1.72. The van der Waals surface area contributed by atoms with Gasteiger partial charge in [-0.15, -0.1) is 11.3 Å². The summed E-state index contributed by atoms with van der Waals surface area (Å²) in [5.41, 5.74) is 3.67. The van der Waals surface area contributed by atoms with Gasteiger partial charge >= 0.3 is 0 Å². The highest BCUT2D eigenvalue weighted by Gasteiger charge is 2.17. The van der Waals surface area contributed by atoms with Crippen molar-refractivity contribution in [2.75, 3.05) is 4.90 Å². The average molecular weight is 380 g/mol. The van der Waals surface area contributed by atoms with Gasteiger partial charge in [-0.1, -0.05) is 30.3 Å². The van der Waals surface area contributed by atoms with Crippen molar-refractivity contribution in [2.45, 2.75) is 6.92 Å². The maximum atomic E-state index is 12.0. The number of hydrogen-bond acceptors (Lipinski definition) is 6. The summed E-state index contributed by atoms with van der Waals surface area (Å²) in [6, 6.07) is 15.4. The highest BCUT2D eigenvalue weighted by atomic mass is 32.1. The van der Waals surface area contributed by atoms with Gasteiger partial charge < -0.3 is 5.11 Å². The fourth-order valence-corrected chi connectivity index (χ4v) is 3.16. The van der Waals surface area contributed by atoms with E-state index in [1.54, 1.807) is 17.5 Å². The quantitative estimate of drug-likeness (QED) is 0.524. The van der Waals surface area contributed by atoms with E-state index in [1.807, 2.05) is 30.3 Å². The molecule has 8 heteroatoms. The van der Waals surface area contributed by atoms with Gasteiger partial charge in [0, 0.05) is 12.3 Å². The third kappa shape index (κ3) is 4.36. The number of nitrogens with one attached hydrogen (secondary N) is 1. The molecule has 0 unspecified atom stereocenters. The third-order valence-corrected chi connectivity index (χ3v) is 4.39. The zero-order chi connectivity index (χ0) is 19.2. The lowest BCUT2D eigenvalue weighted by Gasteiger charge is -2.17. The number of phenols is 1. The van der Waals surface area contributed by atoms with Gasteiger partial charge in [0.1, 0.15) is 5.75 Å². The minimum Gasteiger partial charge on any atom is -0.507 e. The number of hydrogen-bond donors (Lipinski definition) is 2. The van der Waals surface area contributed by atoms with Crippen molar-refractivity contribution in [2.24, 2.45) is 5.10 Å². The number of aromatic nitrogens is 1. The van der Waals surface area contributed by atoms with Crippen LogP contribution in [0.1, 0.15) is 23.0 Å². The van der Waals surface area contributed by atoms with Crippen LogP contribution in [0.3, 0.4) is 0 Å². The van der Waals surface area contributed by atoms with Crippen LogP contribution < -0.4 is 10.3 Å². The van der Waals surface area contributed by atoms with Gasteiger partial charge in [-0.25, -0.2) is 10.4 Å². The van der Waals surface area contributed by atoms with Gasteiger partial charge in [0.2, 0.25) is 5.91 Å². The summed E-state index contributed by atoms with van der Waals surface area (Å²) in [6.07, 6.45) is 1.38. The number of amides is 2. The molecule has 0 atom stereocenters. The van der Waals surface area contributed by atoms with Crippen LogP contribution in [0.25, 0.3) is 0 Å². The van der Waals surface area contributed by atoms with E-state index in [9.17, 15) is 14.7 Å². The molecule has 0 bridgehead atoms. The SMILES string of the molecule is CC(=O)N(c1ccccc1)c1nc(/C=N\NC(=O)c2ccccc2O)cs1. The third-order valence-electron chi connectivity index (χ3n) is 3.54. The molecular weight excluding hydrogens is 364 g/mol. The molecule has 3 aromatic rings. The summed E-state index contributed by atoms with van der Waals surface area (Å²) >= 11 is 1.29. The first-order valence-corrected chi connectivity index (χ1v) is 8.87. The number of carbonyl (C=O) groups is 2. The Labute approximate surface area is 159 Å². The molecule has 0 fully saturated rings. The van der Waals surface area contributed by atoms with E-state index in [-0.39, 0.29) is 17.2 Å². The first-order chi connectivity index (χ1) is 13.1. The maximum absolute atomic E-state index is 12.0. The Morgan fingerprint density at radius 1 is 1.15 bits per heavy atom. The topological polar surface area (TPSA) is 94.9 Å². The molecule has 0 aliphatic heterocycles. The molecule has 0 aliphatic carbocycles. The number of hydrazone groups is 1. The van der Waals surface area contributed by atoms with Gasteiger partial charge in [-0.2, -0.15) is 5.10 Å². The molecule has 3 rings (SSSR count). The highest BCUT2D eigenvalue weighted by molar-refractivity contribution is 7.14. The zero-order valence-electron chi connectivity index (χ0n) is 14.4. The van der Waals surface area contributed by atoms with Crippen molar-refractivity contribution in [3.63, 3.8) is 0 Å². The highest BCUT2D eigenvalue weighted by Crippen LogP contribution is 2.28. The van der Waals surface area contributed by atoms with Crippen LogP contribution in [0, 0.1) is 0 Å². The lowest BCUT2D eigenvalue weighted by molar-refractivity contribution is -0.115. The lowest BCUT2D eigenvalue weighted by Crippen LogP contribution is -2.22. The second-order valence-corrected chi connectivity index (χ2v) is 6.30. The van der Waals surface area contributed by atoms with Crippen LogP contribution >= 0.6 is 11.3 Å². The van der Waals surface area contributed by atoms with Gasteiger partial charge in [0.15, 0.2) is 5.13 Å². The normalized spacial score (nSPS) is 10.7. The summed E-state index contributed by atoms with van der Waals surface area (Å²) in [7, 11) is 0. The molecule has 136 valence electrons. The Morgan fingerprint density at radius 3 is 2.56 bits per heavy atom. The molecule has 2 amide bonds. The minimum atomic E-state index is -0.533. The molecule has 2 N–H and O–H groups in total. The van der Waals surface area contributed by atoms with Crippen LogP contribution in [0.5, 0.6) is 5.75 Å². The Kier molecular flexibility index (Phi) is 5.58. The van der Waals surface area contributed by atoms with Crippen molar-refractivity contribution in [3.8, 4) is 5.75 Å². The van der Waals surface area contributed by atoms with Crippen LogP contribution in [-0.2, 0) is 4.79 Å². The number of thiazole rings is 1. The van der Waals surface area contributed by atoms with Gasteiger partial charge in [-0.05, 0) is 24.3 Å². The molecule has 0 radical (unpaired) electrons. The van der Waals surface area contributed by atoms with E-state index in [2.05, 4.69) is 15.5 Å². The number of anilines is 2. The summed E-state index contributed by atoms with van der Waals surface area (Å²) in [4.78, 5) is 29.9. The lowest BCUT2D eigenvalue weighted by atomic mass is 10.2. The van der Waals surface area contributed by atoms with Crippen LogP contribution in [-0.4, -0.2) is 28.1 Å². The average Bonchev–Trinajstić information content (AvgIpc) is 3.11. The first-order valence-electron chi connectivity index (χ1n) is 7.99. The zero-order valence-corrected chi connectivity index (χ0v) is 15.2. The van der Waals surface area contributed by atoms with E-state index in [0.29, 0.717) is 10.8 Å². The number of nitrogens with zero attached hydrogens (tertiary/aromatic N) is 3. The van der Waals surface area contributed by atoms with Crippen molar-refractivity contribution >= 4 is 40.2 Å².